The summed E-state index contributed by atoms with van der Waals surface area (Å²) in [5.41, 5.74) is -0.493. The van der Waals surface area contributed by atoms with Crippen molar-refractivity contribution in [2.45, 2.75) is 57.1 Å². The number of carbonyl (C=O) groups excluding carboxylic acids is 1. The molecule has 0 aliphatic heterocycles. The second kappa shape index (κ2) is 17.0. The number of hydrogen-bond donors (Lipinski definition) is 3. The van der Waals surface area contributed by atoms with Crippen molar-refractivity contribution in [1.82, 2.24) is 4.57 Å². The Bertz CT molecular complexity index is 1810. The molecule has 1 fully saturated rings. The zero-order chi connectivity index (χ0) is 34.7. The summed E-state index contributed by atoms with van der Waals surface area (Å²) in [6.07, 6.45) is 4.90. The van der Waals surface area contributed by atoms with Gasteiger partial charge in [0.2, 0.25) is 11.8 Å². The Labute approximate surface area is 279 Å². The molecule has 0 saturated heterocycles. The summed E-state index contributed by atoms with van der Waals surface area (Å²) in [5.74, 6) is -0.721. The Morgan fingerprint density at radius 1 is 1.10 bits per heavy atom. The van der Waals surface area contributed by atoms with Crippen LogP contribution in [-0.2, 0) is 37.4 Å². The van der Waals surface area contributed by atoms with Gasteiger partial charge in [0.05, 0.1) is 38.7 Å². The summed E-state index contributed by atoms with van der Waals surface area (Å²) in [7, 11) is -2.90. The molecule has 0 bridgehead atoms. The maximum absolute atomic E-state index is 14.5. The number of nitrogens with one attached hydrogen (secondary N) is 1. The number of amides is 1. The van der Waals surface area contributed by atoms with E-state index in [9.17, 15) is 28.4 Å². The Balaban J connectivity index is 1.79. The van der Waals surface area contributed by atoms with E-state index in [1.165, 1.54) is 30.5 Å². The van der Waals surface area contributed by atoms with Crippen molar-refractivity contribution in [2.24, 2.45) is 16.1 Å². The number of hydrogen-bond acceptors (Lipinski definition) is 11. The van der Waals surface area contributed by atoms with E-state index in [0.29, 0.717) is 11.4 Å². The highest BCUT2D eigenvalue weighted by molar-refractivity contribution is 7.93. The van der Waals surface area contributed by atoms with Gasteiger partial charge in [-0.15, -0.1) is 10.2 Å². The minimum atomic E-state index is -4.25. The molecule has 0 atom stereocenters. The van der Waals surface area contributed by atoms with Crippen molar-refractivity contribution in [2.75, 3.05) is 43.1 Å². The van der Waals surface area contributed by atoms with Crippen LogP contribution in [0.4, 0.5) is 22.7 Å². The molecule has 3 aromatic rings. The topological polar surface area (TPSA) is 196 Å². The number of azo groups is 1. The first-order valence-electron chi connectivity index (χ1n) is 15.6. The van der Waals surface area contributed by atoms with E-state index < -0.39 is 21.5 Å². The molecule has 15 heteroatoms. The monoisotopic (exact) mass is 680 g/mol. The van der Waals surface area contributed by atoms with Crippen molar-refractivity contribution < 1.29 is 32.9 Å². The van der Waals surface area contributed by atoms with Crippen LogP contribution in [0, 0.1) is 17.2 Å². The molecule has 14 nitrogen and oxygen atoms in total. The van der Waals surface area contributed by atoms with Gasteiger partial charge in [-0.25, -0.2) is 8.42 Å². The van der Waals surface area contributed by atoms with Crippen molar-refractivity contribution in [3.8, 4) is 11.9 Å². The van der Waals surface area contributed by atoms with E-state index in [2.05, 4.69) is 15.5 Å². The van der Waals surface area contributed by atoms with Crippen molar-refractivity contribution in [3.05, 3.63) is 70.0 Å². The van der Waals surface area contributed by atoms with E-state index in [0.717, 1.165) is 36.7 Å². The maximum atomic E-state index is 14.5. The van der Waals surface area contributed by atoms with Gasteiger partial charge >= 0.3 is 0 Å². The quantitative estimate of drug-likeness (QED) is 0.150. The second-order valence-corrected chi connectivity index (χ2v) is 13.1. The lowest BCUT2D eigenvalue weighted by molar-refractivity contribution is -0.114. The number of methoxy groups -OCH3 is 1. The van der Waals surface area contributed by atoms with Crippen molar-refractivity contribution >= 4 is 38.7 Å². The molecule has 48 heavy (non-hydrogen) atoms. The fraction of sp³-hybridized carbons (Fsp3) is 0.424. The third kappa shape index (κ3) is 8.64. The van der Waals surface area contributed by atoms with Crippen LogP contribution in [0.15, 0.2) is 68.4 Å². The number of aliphatic hydroxyl groups is 1. The first kappa shape index (κ1) is 36.2. The van der Waals surface area contributed by atoms with E-state index in [1.54, 1.807) is 36.4 Å². The number of nitriles is 1. The van der Waals surface area contributed by atoms with Gasteiger partial charge in [-0.05, 0) is 55.2 Å². The summed E-state index contributed by atoms with van der Waals surface area (Å²) in [4.78, 5) is 25.0. The first-order chi connectivity index (χ1) is 23.1. The minimum absolute atomic E-state index is 0.0113. The number of ether oxygens (including phenoxy) is 2. The molecule has 1 aromatic heterocycles. The van der Waals surface area contributed by atoms with Crippen LogP contribution in [0.3, 0.4) is 0 Å². The molecule has 0 spiro atoms. The van der Waals surface area contributed by atoms with Gasteiger partial charge < -0.3 is 25.0 Å². The summed E-state index contributed by atoms with van der Waals surface area (Å²) in [6.45, 7) is 0.930. The fourth-order valence-corrected chi connectivity index (χ4v) is 7.29. The van der Waals surface area contributed by atoms with E-state index in [-0.39, 0.29) is 78.7 Å². The fourth-order valence-electron chi connectivity index (χ4n) is 5.62. The molecule has 0 radical (unpaired) electrons. The van der Waals surface area contributed by atoms with Crippen molar-refractivity contribution in [3.63, 3.8) is 0 Å². The SMILES string of the molecule is COCc1c(C#N)c(O)n(CCOCCO)c(=O)c1N=Nc1ccccc1S(=O)(=O)N(CC1CCCCC1)c1ccc(NC(C)=O)cc1. The molecule has 1 aliphatic rings. The van der Waals surface area contributed by atoms with Crippen LogP contribution >= 0.6 is 0 Å². The number of benzene rings is 2. The average molecular weight is 681 g/mol. The smallest absolute Gasteiger partial charge is 0.281 e. The van der Waals surface area contributed by atoms with Gasteiger partial charge in [0.25, 0.3) is 15.6 Å². The van der Waals surface area contributed by atoms with Gasteiger partial charge in [-0.2, -0.15) is 5.26 Å². The number of carbonyl (C=O) groups is 1. The Morgan fingerprint density at radius 3 is 2.46 bits per heavy atom. The second-order valence-electron chi connectivity index (χ2n) is 11.3. The highest BCUT2D eigenvalue weighted by Gasteiger charge is 2.31. The standard InChI is InChI=1S/C33H40N6O8S/c1-23(41)35-25-12-14-26(15-13-25)39(21-24-8-4-3-5-9-24)48(44,45)30-11-7-6-10-29(30)36-37-31-28(22-46-2)27(20-34)32(42)38(33(31)43)16-18-47-19-17-40/h6-7,10-15,24,40,42H,3-5,8-9,16-19,21-22H2,1-2H3,(H,35,41). The minimum Gasteiger partial charge on any atom is -0.493 e. The number of nitrogens with zero attached hydrogens (tertiary/aromatic N) is 5. The molecule has 2 aromatic carbocycles. The van der Waals surface area contributed by atoms with Gasteiger partial charge in [-0.1, -0.05) is 31.4 Å². The van der Waals surface area contributed by atoms with Crippen LogP contribution in [0.2, 0.25) is 0 Å². The van der Waals surface area contributed by atoms with Crippen LogP contribution in [0.1, 0.15) is 50.2 Å². The number of anilines is 2. The molecular weight excluding hydrogens is 640 g/mol. The van der Waals surface area contributed by atoms with E-state index in [4.69, 9.17) is 14.6 Å². The Morgan fingerprint density at radius 2 is 1.81 bits per heavy atom. The van der Waals surface area contributed by atoms with Crippen molar-refractivity contribution in [1.29, 1.82) is 5.26 Å². The van der Waals surface area contributed by atoms with Crippen LogP contribution in [0.25, 0.3) is 0 Å². The van der Waals surface area contributed by atoms with Crippen LogP contribution in [-0.4, -0.2) is 62.6 Å². The molecule has 0 unspecified atom stereocenters. The lowest BCUT2D eigenvalue weighted by atomic mass is 9.89. The molecule has 1 aliphatic carbocycles. The lowest BCUT2D eigenvalue weighted by Crippen LogP contribution is -2.36. The normalized spacial score (nSPS) is 13.8. The molecule has 1 amide bonds. The third-order valence-corrected chi connectivity index (χ3v) is 9.77. The molecular formula is C33H40N6O8S. The Kier molecular flexibility index (Phi) is 12.8. The summed E-state index contributed by atoms with van der Waals surface area (Å²) >= 11 is 0. The van der Waals surface area contributed by atoms with E-state index in [1.807, 2.05) is 6.07 Å². The molecule has 256 valence electrons. The third-order valence-electron chi connectivity index (χ3n) is 7.93. The molecule has 3 N–H and O–H groups in total. The highest BCUT2D eigenvalue weighted by Crippen LogP contribution is 2.35. The van der Waals surface area contributed by atoms with Gasteiger partial charge in [-0.3, -0.25) is 18.5 Å². The number of aliphatic hydroxyl groups excluding tert-OH is 1. The summed E-state index contributed by atoms with van der Waals surface area (Å²) in [5, 5.41) is 40.7. The molecule has 1 heterocycles. The predicted molar refractivity (Wildman–Crippen MR) is 178 cm³/mol. The number of aromatic nitrogens is 1. The largest absolute Gasteiger partial charge is 0.493 e. The number of sulfonamides is 1. The number of rotatable bonds is 15. The van der Waals surface area contributed by atoms with Gasteiger partial charge in [0.15, 0.2) is 5.69 Å². The predicted octanol–water partition coefficient (Wildman–Crippen LogP) is 4.73. The van der Waals surface area contributed by atoms with Crippen LogP contribution in [0.5, 0.6) is 5.88 Å². The lowest BCUT2D eigenvalue weighted by Gasteiger charge is -2.31. The first-order valence-corrected chi connectivity index (χ1v) is 17.0. The molecule has 4 rings (SSSR count). The summed E-state index contributed by atoms with van der Waals surface area (Å²) in [6, 6.07) is 14.5. The maximum Gasteiger partial charge on any atom is 0.281 e. The van der Waals surface area contributed by atoms with E-state index >= 15 is 0 Å². The molecule has 1 saturated carbocycles. The highest BCUT2D eigenvalue weighted by atomic mass is 32.2. The summed E-state index contributed by atoms with van der Waals surface area (Å²) < 4.78 is 41.6. The number of aromatic hydroxyl groups is 1. The van der Waals surface area contributed by atoms with Gasteiger partial charge in [0.1, 0.15) is 22.2 Å². The number of pyridine rings is 1. The van der Waals surface area contributed by atoms with Gasteiger partial charge in [0, 0.05) is 31.8 Å². The average Bonchev–Trinajstić information content (AvgIpc) is 3.07. The zero-order valence-corrected chi connectivity index (χ0v) is 27.8. The van der Waals surface area contributed by atoms with Crippen LogP contribution < -0.4 is 15.2 Å². The Hall–Kier alpha value is -4.62. The zero-order valence-electron chi connectivity index (χ0n) is 27.0.